The van der Waals surface area contributed by atoms with Gasteiger partial charge in [0.2, 0.25) is 11.8 Å². The number of nitrogens with one attached hydrogen (secondary N) is 2. The third-order valence-electron chi connectivity index (χ3n) is 3.67. The van der Waals surface area contributed by atoms with Gasteiger partial charge in [-0.1, -0.05) is 12.1 Å². The number of rotatable bonds is 5. The zero-order valence-electron chi connectivity index (χ0n) is 13.2. The largest absolute Gasteiger partial charge is 0.351 e. The minimum absolute atomic E-state index is 0.0593. The average molecular weight is 354 g/mol. The van der Waals surface area contributed by atoms with Gasteiger partial charge in [0.05, 0.1) is 18.1 Å². The van der Waals surface area contributed by atoms with Gasteiger partial charge >= 0.3 is 0 Å². The van der Waals surface area contributed by atoms with E-state index in [0.717, 1.165) is 0 Å². The molecule has 6 nitrogen and oxygen atoms in total. The minimum atomic E-state index is -3.06. The van der Waals surface area contributed by atoms with Crippen LogP contribution in [0, 0.1) is 5.82 Å². The van der Waals surface area contributed by atoms with Crippen molar-refractivity contribution in [1.82, 2.24) is 10.6 Å². The second kappa shape index (κ2) is 7.57. The van der Waals surface area contributed by atoms with Crippen LogP contribution in [0.4, 0.5) is 4.39 Å². The van der Waals surface area contributed by atoms with Crippen LogP contribution in [-0.4, -0.2) is 44.3 Å². The standard InChI is InChI=1S/C16H19FN2O4S/c1-11(12-2-4-13(17)5-3-12)8-15(20)18-9-16(21)19-14-6-7-24(22,23)10-14/h2-5,8,14H,6-7,9-10H2,1H3,(H,18,20)(H,19,21)/b11-8+. The molecule has 0 radical (unpaired) electrons. The Balaban J connectivity index is 1.81. The first-order valence-electron chi connectivity index (χ1n) is 7.47. The van der Waals surface area contributed by atoms with Crippen molar-refractivity contribution in [3.63, 3.8) is 0 Å². The minimum Gasteiger partial charge on any atom is -0.351 e. The highest BCUT2D eigenvalue weighted by Gasteiger charge is 2.28. The molecule has 1 fully saturated rings. The summed E-state index contributed by atoms with van der Waals surface area (Å²) < 4.78 is 35.5. The lowest BCUT2D eigenvalue weighted by molar-refractivity contribution is -0.124. The molecule has 0 spiro atoms. The van der Waals surface area contributed by atoms with Crippen molar-refractivity contribution in [3.8, 4) is 0 Å². The first kappa shape index (κ1) is 18.1. The predicted molar refractivity (Wildman–Crippen MR) is 88.3 cm³/mol. The molecule has 1 aromatic rings. The molecular formula is C16H19FN2O4S. The number of hydrogen-bond acceptors (Lipinski definition) is 4. The molecule has 1 aromatic carbocycles. The molecule has 0 aliphatic carbocycles. The van der Waals surface area contributed by atoms with Crippen LogP contribution >= 0.6 is 0 Å². The van der Waals surface area contributed by atoms with Crippen molar-refractivity contribution < 1.29 is 22.4 Å². The molecule has 1 aliphatic rings. The van der Waals surface area contributed by atoms with Crippen molar-refractivity contribution in [2.24, 2.45) is 0 Å². The van der Waals surface area contributed by atoms with Gasteiger partial charge < -0.3 is 10.6 Å². The Kier molecular flexibility index (Phi) is 5.71. The molecule has 8 heteroatoms. The Morgan fingerprint density at radius 3 is 2.54 bits per heavy atom. The Bertz CT molecular complexity index is 757. The molecule has 1 atom stereocenters. The monoisotopic (exact) mass is 354 g/mol. The highest BCUT2D eigenvalue weighted by molar-refractivity contribution is 7.91. The maximum absolute atomic E-state index is 12.9. The van der Waals surface area contributed by atoms with Crippen molar-refractivity contribution in [2.45, 2.75) is 19.4 Å². The maximum atomic E-state index is 12.9. The van der Waals surface area contributed by atoms with Gasteiger partial charge in [-0.25, -0.2) is 12.8 Å². The van der Waals surface area contributed by atoms with E-state index in [9.17, 15) is 22.4 Å². The first-order valence-corrected chi connectivity index (χ1v) is 9.29. The molecule has 1 aliphatic heterocycles. The van der Waals surface area contributed by atoms with E-state index in [1.54, 1.807) is 19.1 Å². The Hall–Kier alpha value is -2.22. The highest BCUT2D eigenvalue weighted by atomic mass is 32.2. The number of amides is 2. The van der Waals surface area contributed by atoms with E-state index in [1.165, 1.54) is 18.2 Å². The molecule has 2 rings (SSSR count). The van der Waals surface area contributed by atoms with Crippen LogP contribution in [0.15, 0.2) is 30.3 Å². The Labute approximate surface area is 140 Å². The van der Waals surface area contributed by atoms with Crippen LogP contribution in [0.25, 0.3) is 5.57 Å². The van der Waals surface area contributed by atoms with E-state index >= 15 is 0 Å². The molecule has 1 unspecified atom stereocenters. The van der Waals surface area contributed by atoms with Crippen LogP contribution in [0.2, 0.25) is 0 Å². The van der Waals surface area contributed by atoms with Crippen LogP contribution < -0.4 is 10.6 Å². The first-order chi connectivity index (χ1) is 11.2. The lowest BCUT2D eigenvalue weighted by Crippen LogP contribution is -2.42. The molecule has 0 bridgehead atoms. The lowest BCUT2D eigenvalue weighted by atomic mass is 10.1. The summed E-state index contributed by atoms with van der Waals surface area (Å²) in [7, 11) is -3.06. The van der Waals surface area contributed by atoms with Crippen molar-refractivity contribution in [1.29, 1.82) is 0 Å². The van der Waals surface area contributed by atoms with E-state index in [4.69, 9.17) is 0 Å². The number of allylic oxidation sites excluding steroid dienone is 1. The van der Waals surface area contributed by atoms with E-state index in [1.807, 2.05) is 0 Å². The zero-order valence-corrected chi connectivity index (χ0v) is 14.0. The number of hydrogen-bond donors (Lipinski definition) is 2. The predicted octanol–water partition coefficient (Wildman–Crippen LogP) is 0.649. The van der Waals surface area contributed by atoms with Crippen molar-refractivity contribution in [2.75, 3.05) is 18.1 Å². The van der Waals surface area contributed by atoms with Crippen LogP contribution in [0.3, 0.4) is 0 Å². The van der Waals surface area contributed by atoms with Crippen LogP contribution in [0.1, 0.15) is 18.9 Å². The summed E-state index contributed by atoms with van der Waals surface area (Å²) in [6.45, 7) is 1.47. The molecule has 1 saturated heterocycles. The fraction of sp³-hybridized carbons (Fsp3) is 0.375. The second-order valence-corrected chi connectivity index (χ2v) is 7.95. The molecule has 24 heavy (non-hydrogen) atoms. The van der Waals surface area contributed by atoms with Gasteiger partial charge in [-0.05, 0) is 36.6 Å². The van der Waals surface area contributed by atoms with Crippen molar-refractivity contribution in [3.05, 3.63) is 41.7 Å². The summed E-state index contributed by atoms with van der Waals surface area (Å²) in [5.41, 5.74) is 1.34. The van der Waals surface area contributed by atoms with Gasteiger partial charge in [0.1, 0.15) is 5.82 Å². The van der Waals surface area contributed by atoms with E-state index in [2.05, 4.69) is 10.6 Å². The Morgan fingerprint density at radius 1 is 1.29 bits per heavy atom. The number of carbonyl (C=O) groups is 2. The Morgan fingerprint density at radius 2 is 1.96 bits per heavy atom. The fourth-order valence-corrected chi connectivity index (χ4v) is 4.07. The number of carbonyl (C=O) groups excluding carboxylic acids is 2. The van der Waals surface area contributed by atoms with Gasteiger partial charge in [-0.2, -0.15) is 0 Å². The molecule has 0 aromatic heterocycles. The summed E-state index contributed by atoms with van der Waals surface area (Å²) in [5.74, 6) is -1.23. The third kappa shape index (κ3) is 5.45. The number of sulfone groups is 1. The third-order valence-corrected chi connectivity index (χ3v) is 5.44. The van der Waals surface area contributed by atoms with Gasteiger partial charge in [0, 0.05) is 12.1 Å². The topological polar surface area (TPSA) is 92.3 Å². The summed E-state index contributed by atoms with van der Waals surface area (Å²) >= 11 is 0. The number of benzene rings is 1. The summed E-state index contributed by atoms with van der Waals surface area (Å²) in [6, 6.07) is 5.32. The quantitative estimate of drug-likeness (QED) is 0.760. The van der Waals surface area contributed by atoms with Gasteiger partial charge in [-0.15, -0.1) is 0 Å². The molecule has 1 heterocycles. The van der Waals surface area contributed by atoms with E-state index < -0.39 is 27.7 Å². The molecule has 2 N–H and O–H groups in total. The molecule has 130 valence electrons. The number of halogens is 1. The molecule has 0 saturated carbocycles. The van der Waals surface area contributed by atoms with Gasteiger partial charge in [0.15, 0.2) is 9.84 Å². The van der Waals surface area contributed by atoms with Crippen LogP contribution in [0.5, 0.6) is 0 Å². The smallest absolute Gasteiger partial charge is 0.244 e. The average Bonchev–Trinajstić information content (AvgIpc) is 2.84. The van der Waals surface area contributed by atoms with Gasteiger partial charge in [0.25, 0.3) is 0 Å². The maximum Gasteiger partial charge on any atom is 0.244 e. The SMILES string of the molecule is C/C(=C\C(=O)NCC(=O)NC1CCS(=O)(=O)C1)c1ccc(F)cc1. The lowest BCUT2D eigenvalue weighted by Gasteiger charge is -2.11. The fourth-order valence-electron chi connectivity index (χ4n) is 2.40. The second-order valence-electron chi connectivity index (χ2n) is 5.72. The normalized spacial score (nSPS) is 19.8. The zero-order chi connectivity index (χ0) is 17.7. The summed E-state index contributed by atoms with van der Waals surface area (Å²) in [5, 5.41) is 5.02. The highest BCUT2D eigenvalue weighted by Crippen LogP contribution is 2.13. The van der Waals surface area contributed by atoms with Crippen LogP contribution in [-0.2, 0) is 19.4 Å². The summed E-state index contributed by atoms with van der Waals surface area (Å²) in [6.07, 6.45) is 1.71. The molecule has 2 amide bonds. The van der Waals surface area contributed by atoms with E-state index in [0.29, 0.717) is 17.6 Å². The van der Waals surface area contributed by atoms with E-state index in [-0.39, 0.29) is 23.9 Å². The van der Waals surface area contributed by atoms with Gasteiger partial charge in [-0.3, -0.25) is 9.59 Å². The van der Waals surface area contributed by atoms with Crippen molar-refractivity contribution >= 4 is 27.2 Å². The molecular weight excluding hydrogens is 335 g/mol. The summed E-state index contributed by atoms with van der Waals surface area (Å²) in [4.78, 5) is 23.5.